The number of halogens is 2. The fourth-order valence-electron chi connectivity index (χ4n) is 1.25. The first-order chi connectivity index (χ1) is 7.70. The molecule has 16 heavy (non-hydrogen) atoms. The third-order valence-electron chi connectivity index (χ3n) is 1.86. The first-order valence-electron chi connectivity index (χ1n) is 4.46. The minimum atomic E-state index is 0.358. The Morgan fingerprint density at radius 2 is 2.31 bits per heavy atom. The Kier molecular flexibility index (Phi) is 3.91. The van der Waals surface area contributed by atoms with E-state index in [0.29, 0.717) is 17.6 Å². The third kappa shape index (κ3) is 2.60. The number of rotatable bonds is 3. The van der Waals surface area contributed by atoms with E-state index in [1.807, 2.05) is 11.4 Å². The number of thiophene rings is 1. The fourth-order valence-corrected chi connectivity index (χ4v) is 2.99. The fraction of sp³-hybridized carbons (Fsp3) is 0.200. The van der Waals surface area contributed by atoms with E-state index in [9.17, 15) is 0 Å². The highest BCUT2D eigenvalue weighted by molar-refractivity contribution is 9.10. The summed E-state index contributed by atoms with van der Waals surface area (Å²) < 4.78 is 6.00. The van der Waals surface area contributed by atoms with Gasteiger partial charge in [-0.2, -0.15) is 0 Å². The predicted octanol–water partition coefficient (Wildman–Crippen LogP) is 3.77. The van der Waals surface area contributed by atoms with Gasteiger partial charge in [-0.05, 0) is 27.4 Å². The highest BCUT2D eigenvalue weighted by Gasteiger charge is 2.09. The second-order valence-electron chi connectivity index (χ2n) is 3.02. The molecule has 2 rings (SSSR count). The molecule has 0 amide bonds. The summed E-state index contributed by atoms with van der Waals surface area (Å²) in [7, 11) is 1.60. The number of hydrogen-bond donors (Lipinski definition) is 0. The molecule has 2 heterocycles. The van der Waals surface area contributed by atoms with Gasteiger partial charge in [-0.1, -0.05) is 11.6 Å². The van der Waals surface area contributed by atoms with Crippen molar-refractivity contribution in [2.45, 2.75) is 6.61 Å². The molecular weight excluding hydrogens is 312 g/mol. The molecule has 0 atom stereocenters. The lowest BCUT2D eigenvalue weighted by atomic mass is 10.3. The van der Waals surface area contributed by atoms with Crippen molar-refractivity contribution in [1.82, 2.24) is 9.97 Å². The minimum absolute atomic E-state index is 0.358. The molecule has 2 aromatic rings. The number of aromatic nitrogens is 2. The molecule has 0 saturated carbocycles. The standard InChI is InChI=1S/C10H8BrClN2OS/c1-15-5-9-13-7(4-8(12)14-9)10-6(11)2-3-16-10/h2-4H,5H2,1H3. The van der Waals surface area contributed by atoms with Gasteiger partial charge in [0.05, 0.1) is 10.6 Å². The molecule has 0 spiro atoms. The van der Waals surface area contributed by atoms with Gasteiger partial charge in [-0.15, -0.1) is 11.3 Å². The van der Waals surface area contributed by atoms with Crippen molar-refractivity contribution in [1.29, 1.82) is 0 Å². The number of nitrogens with zero attached hydrogens (tertiary/aromatic N) is 2. The molecule has 0 N–H and O–H groups in total. The molecule has 0 aliphatic heterocycles. The summed E-state index contributed by atoms with van der Waals surface area (Å²) in [5, 5.41) is 2.42. The zero-order chi connectivity index (χ0) is 11.5. The van der Waals surface area contributed by atoms with Crippen molar-refractivity contribution in [3.63, 3.8) is 0 Å². The normalized spacial score (nSPS) is 10.7. The van der Waals surface area contributed by atoms with E-state index in [1.165, 1.54) is 0 Å². The van der Waals surface area contributed by atoms with Crippen molar-refractivity contribution in [3.8, 4) is 10.6 Å². The van der Waals surface area contributed by atoms with Crippen LogP contribution in [-0.2, 0) is 11.3 Å². The Bertz CT molecular complexity index is 503. The van der Waals surface area contributed by atoms with Gasteiger partial charge in [0.1, 0.15) is 11.8 Å². The minimum Gasteiger partial charge on any atom is -0.377 e. The van der Waals surface area contributed by atoms with E-state index in [4.69, 9.17) is 16.3 Å². The topological polar surface area (TPSA) is 35.0 Å². The molecular formula is C10H8BrClN2OS. The molecule has 0 unspecified atom stereocenters. The van der Waals surface area contributed by atoms with Crippen LogP contribution >= 0.6 is 38.9 Å². The lowest BCUT2D eigenvalue weighted by Crippen LogP contribution is -1.98. The Labute approximate surface area is 111 Å². The van der Waals surface area contributed by atoms with E-state index in [0.717, 1.165) is 15.0 Å². The van der Waals surface area contributed by atoms with Crippen LogP contribution < -0.4 is 0 Å². The Morgan fingerprint density at radius 3 is 2.94 bits per heavy atom. The molecule has 84 valence electrons. The van der Waals surface area contributed by atoms with Crippen molar-refractivity contribution in [2.75, 3.05) is 7.11 Å². The van der Waals surface area contributed by atoms with Crippen molar-refractivity contribution in [3.05, 3.63) is 33.0 Å². The van der Waals surface area contributed by atoms with Crippen molar-refractivity contribution >= 4 is 38.9 Å². The number of ether oxygens (including phenoxy) is 1. The zero-order valence-electron chi connectivity index (χ0n) is 8.41. The molecule has 6 heteroatoms. The first-order valence-corrected chi connectivity index (χ1v) is 6.51. The molecule has 0 bridgehead atoms. The van der Waals surface area contributed by atoms with Crippen LogP contribution in [0.25, 0.3) is 10.6 Å². The van der Waals surface area contributed by atoms with E-state index < -0.39 is 0 Å². The van der Waals surface area contributed by atoms with Gasteiger partial charge >= 0.3 is 0 Å². The second-order valence-corrected chi connectivity index (χ2v) is 5.18. The quantitative estimate of drug-likeness (QED) is 0.808. The predicted molar refractivity (Wildman–Crippen MR) is 68.8 cm³/mol. The largest absolute Gasteiger partial charge is 0.377 e. The lowest BCUT2D eigenvalue weighted by Gasteiger charge is -2.03. The monoisotopic (exact) mass is 318 g/mol. The summed E-state index contributed by atoms with van der Waals surface area (Å²) in [5.41, 5.74) is 0.814. The SMILES string of the molecule is COCc1nc(Cl)cc(-c2sccc2Br)n1. The summed E-state index contributed by atoms with van der Waals surface area (Å²) in [4.78, 5) is 9.51. The highest BCUT2D eigenvalue weighted by atomic mass is 79.9. The van der Waals surface area contributed by atoms with Crippen LogP contribution in [-0.4, -0.2) is 17.1 Å². The van der Waals surface area contributed by atoms with Gasteiger partial charge in [0.25, 0.3) is 0 Å². The summed E-state index contributed by atoms with van der Waals surface area (Å²) in [6.07, 6.45) is 0. The van der Waals surface area contributed by atoms with Crippen LogP contribution in [0.15, 0.2) is 22.0 Å². The lowest BCUT2D eigenvalue weighted by molar-refractivity contribution is 0.178. The maximum Gasteiger partial charge on any atom is 0.156 e. The number of hydrogen-bond acceptors (Lipinski definition) is 4. The molecule has 0 aliphatic rings. The van der Waals surface area contributed by atoms with E-state index in [1.54, 1.807) is 24.5 Å². The van der Waals surface area contributed by atoms with Gasteiger partial charge in [-0.25, -0.2) is 9.97 Å². The Hall–Kier alpha value is -0.490. The summed E-state index contributed by atoms with van der Waals surface area (Å²) in [5.74, 6) is 0.588. The zero-order valence-corrected chi connectivity index (χ0v) is 11.6. The van der Waals surface area contributed by atoms with Gasteiger partial charge in [0.15, 0.2) is 5.82 Å². The average Bonchev–Trinajstić information content (AvgIpc) is 2.64. The van der Waals surface area contributed by atoms with Crippen LogP contribution in [0, 0.1) is 0 Å². The van der Waals surface area contributed by atoms with Crippen LogP contribution in [0.5, 0.6) is 0 Å². The van der Waals surface area contributed by atoms with Gasteiger partial charge in [-0.3, -0.25) is 0 Å². The first kappa shape index (κ1) is 12.0. The molecule has 0 aliphatic carbocycles. The van der Waals surface area contributed by atoms with E-state index >= 15 is 0 Å². The summed E-state index contributed by atoms with van der Waals surface area (Å²) in [6, 6.07) is 3.73. The average molecular weight is 320 g/mol. The van der Waals surface area contributed by atoms with Gasteiger partial charge in [0.2, 0.25) is 0 Å². The van der Waals surface area contributed by atoms with Crippen LogP contribution in [0.3, 0.4) is 0 Å². The second kappa shape index (κ2) is 5.23. The van der Waals surface area contributed by atoms with Gasteiger partial charge in [0, 0.05) is 17.6 Å². The maximum absolute atomic E-state index is 5.94. The highest BCUT2D eigenvalue weighted by Crippen LogP contribution is 2.33. The Morgan fingerprint density at radius 1 is 1.50 bits per heavy atom. The molecule has 0 radical (unpaired) electrons. The summed E-state index contributed by atoms with van der Waals surface area (Å²) in [6.45, 7) is 0.358. The molecule has 2 aromatic heterocycles. The number of methoxy groups -OCH3 is 1. The smallest absolute Gasteiger partial charge is 0.156 e. The van der Waals surface area contributed by atoms with Crippen molar-refractivity contribution < 1.29 is 4.74 Å². The molecule has 0 fully saturated rings. The molecule has 3 nitrogen and oxygen atoms in total. The van der Waals surface area contributed by atoms with Crippen LogP contribution in [0.1, 0.15) is 5.82 Å². The van der Waals surface area contributed by atoms with Crippen LogP contribution in [0.2, 0.25) is 5.15 Å². The molecule has 0 aromatic carbocycles. The Balaban J connectivity index is 2.45. The molecule has 0 saturated heterocycles. The third-order valence-corrected chi connectivity index (χ3v) is 3.92. The van der Waals surface area contributed by atoms with E-state index in [2.05, 4.69) is 25.9 Å². The maximum atomic E-state index is 5.94. The summed E-state index contributed by atoms with van der Waals surface area (Å²) >= 11 is 11.0. The van der Waals surface area contributed by atoms with Crippen LogP contribution in [0.4, 0.5) is 0 Å². The van der Waals surface area contributed by atoms with Gasteiger partial charge < -0.3 is 4.74 Å². The van der Waals surface area contributed by atoms with Crippen molar-refractivity contribution in [2.24, 2.45) is 0 Å². The van der Waals surface area contributed by atoms with E-state index in [-0.39, 0.29) is 0 Å².